The van der Waals surface area contributed by atoms with Gasteiger partial charge in [-0.25, -0.2) is 13.6 Å². The third-order valence-corrected chi connectivity index (χ3v) is 2.93. The monoisotopic (exact) mass is 272 g/mol. The Labute approximate surface area is 103 Å². The smallest absolute Gasteiger partial charge is 0.271 e. The SMILES string of the molecule is NS(=O)(=O)c1ccc(CNCCc2ncon2)o1. The van der Waals surface area contributed by atoms with E-state index in [9.17, 15) is 8.42 Å². The van der Waals surface area contributed by atoms with Gasteiger partial charge in [-0.2, -0.15) is 4.98 Å². The quantitative estimate of drug-likeness (QED) is 0.688. The van der Waals surface area contributed by atoms with Crippen molar-refractivity contribution in [2.24, 2.45) is 5.14 Å². The van der Waals surface area contributed by atoms with Crippen LogP contribution in [0.15, 0.2) is 32.6 Å². The van der Waals surface area contributed by atoms with Crippen LogP contribution in [0.1, 0.15) is 11.6 Å². The zero-order chi connectivity index (χ0) is 13.0. The molecule has 0 radical (unpaired) electrons. The number of furan rings is 1. The number of rotatable bonds is 6. The minimum absolute atomic E-state index is 0.238. The summed E-state index contributed by atoms with van der Waals surface area (Å²) in [5.41, 5.74) is 0. The lowest BCUT2D eigenvalue weighted by Crippen LogP contribution is -2.17. The average Bonchev–Trinajstić information content (AvgIpc) is 2.95. The second kappa shape index (κ2) is 5.29. The van der Waals surface area contributed by atoms with E-state index >= 15 is 0 Å². The molecule has 3 N–H and O–H groups in total. The first-order chi connectivity index (χ1) is 8.55. The summed E-state index contributed by atoms with van der Waals surface area (Å²) in [6.45, 7) is 1.01. The van der Waals surface area contributed by atoms with E-state index in [0.29, 0.717) is 31.1 Å². The van der Waals surface area contributed by atoms with Crippen molar-refractivity contribution in [3.05, 3.63) is 30.1 Å². The van der Waals surface area contributed by atoms with Crippen molar-refractivity contribution in [3.8, 4) is 0 Å². The normalized spacial score (nSPS) is 11.8. The fourth-order valence-corrected chi connectivity index (χ4v) is 1.80. The molecule has 18 heavy (non-hydrogen) atoms. The van der Waals surface area contributed by atoms with E-state index in [1.165, 1.54) is 12.5 Å². The van der Waals surface area contributed by atoms with Gasteiger partial charge in [0.1, 0.15) is 5.76 Å². The van der Waals surface area contributed by atoms with E-state index < -0.39 is 10.0 Å². The molecule has 0 saturated heterocycles. The molecule has 0 saturated carbocycles. The number of sulfonamides is 1. The largest absolute Gasteiger partial charge is 0.447 e. The van der Waals surface area contributed by atoms with E-state index in [2.05, 4.69) is 20.0 Å². The fourth-order valence-electron chi connectivity index (χ4n) is 1.32. The second-order valence-corrected chi connectivity index (χ2v) is 5.03. The van der Waals surface area contributed by atoms with Gasteiger partial charge in [0.25, 0.3) is 10.0 Å². The van der Waals surface area contributed by atoms with Crippen LogP contribution in [0.2, 0.25) is 0 Å². The minimum Gasteiger partial charge on any atom is -0.447 e. The summed E-state index contributed by atoms with van der Waals surface area (Å²) in [7, 11) is -3.77. The molecule has 2 aromatic rings. The number of aromatic nitrogens is 2. The van der Waals surface area contributed by atoms with Crippen LogP contribution in [0.4, 0.5) is 0 Å². The number of primary sulfonamides is 1. The van der Waals surface area contributed by atoms with Crippen LogP contribution in [0, 0.1) is 0 Å². The molecule has 0 spiro atoms. The number of nitrogens with one attached hydrogen (secondary N) is 1. The van der Waals surface area contributed by atoms with Crippen LogP contribution in [-0.2, 0) is 23.0 Å². The Bertz CT molecular complexity index is 590. The summed E-state index contributed by atoms with van der Waals surface area (Å²) >= 11 is 0. The Morgan fingerprint density at radius 1 is 1.39 bits per heavy atom. The highest BCUT2D eigenvalue weighted by Crippen LogP contribution is 2.11. The predicted octanol–water partition coefficient (Wildman–Crippen LogP) is -0.358. The zero-order valence-electron chi connectivity index (χ0n) is 9.37. The summed E-state index contributed by atoms with van der Waals surface area (Å²) in [5, 5.41) is 11.4. The van der Waals surface area contributed by atoms with E-state index in [-0.39, 0.29) is 5.09 Å². The molecule has 0 aliphatic rings. The summed E-state index contributed by atoms with van der Waals surface area (Å²) in [6, 6.07) is 2.88. The molecule has 0 aliphatic heterocycles. The van der Waals surface area contributed by atoms with E-state index in [0.717, 1.165) is 0 Å². The van der Waals surface area contributed by atoms with Gasteiger partial charge < -0.3 is 14.3 Å². The van der Waals surface area contributed by atoms with Crippen molar-refractivity contribution in [1.29, 1.82) is 0 Å². The maximum Gasteiger partial charge on any atom is 0.271 e. The number of nitrogens with zero attached hydrogens (tertiary/aromatic N) is 2. The highest BCUT2D eigenvalue weighted by atomic mass is 32.2. The second-order valence-electron chi connectivity index (χ2n) is 3.54. The highest BCUT2D eigenvalue weighted by Gasteiger charge is 2.12. The lowest BCUT2D eigenvalue weighted by Gasteiger charge is -1.99. The zero-order valence-corrected chi connectivity index (χ0v) is 10.2. The van der Waals surface area contributed by atoms with Gasteiger partial charge in [-0.15, -0.1) is 0 Å². The molecule has 0 aliphatic carbocycles. The van der Waals surface area contributed by atoms with E-state index in [4.69, 9.17) is 9.56 Å². The Morgan fingerprint density at radius 2 is 2.22 bits per heavy atom. The molecule has 98 valence electrons. The highest BCUT2D eigenvalue weighted by molar-refractivity contribution is 7.89. The van der Waals surface area contributed by atoms with Crippen LogP contribution >= 0.6 is 0 Å². The van der Waals surface area contributed by atoms with Gasteiger partial charge in [0.05, 0.1) is 6.54 Å². The Morgan fingerprint density at radius 3 is 2.83 bits per heavy atom. The first kappa shape index (κ1) is 12.7. The average molecular weight is 272 g/mol. The lowest BCUT2D eigenvalue weighted by molar-refractivity contribution is 0.399. The molecule has 2 heterocycles. The topological polar surface area (TPSA) is 124 Å². The van der Waals surface area contributed by atoms with Crippen LogP contribution in [-0.4, -0.2) is 25.1 Å². The summed E-state index contributed by atoms with van der Waals surface area (Å²) in [4.78, 5) is 3.86. The van der Waals surface area contributed by atoms with Crippen molar-refractivity contribution in [2.45, 2.75) is 18.1 Å². The summed E-state index contributed by atoms with van der Waals surface area (Å²) in [6.07, 6.45) is 1.87. The van der Waals surface area contributed by atoms with Crippen LogP contribution < -0.4 is 10.5 Å². The molecule has 8 nitrogen and oxygen atoms in total. The van der Waals surface area contributed by atoms with Gasteiger partial charge in [-0.05, 0) is 12.1 Å². The molecule has 2 rings (SSSR count). The standard InChI is InChI=1S/C9H12N4O4S/c10-18(14,15)9-2-1-7(17-9)5-11-4-3-8-12-6-16-13-8/h1-2,6,11H,3-5H2,(H2,10,14,15). The fraction of sp³-hybridized carbons (Fsp3) is 0.333. The van der Waals surface area contributed by atoms with Gasteiger partial charge in [0.15, 0.2) is 5.82 Å². The number of hydrogen-bond acceptors (Lipinski definition) is 7. The van der Waals surface area contributed by atoms with Gasteiger partial charge in [-0.3, -0.25) is 0 Å². The molecule has 0 bridgehead atoms. The van der Waals surface area contributed by atoms with Gasteiger partial charge in [0.2, 0.25) is 11.5 Å². The van der Waals surface area contributed by atoms with Crippen molar-refractivity contribution >= 4 is 10.0 Å². The first-order valence-electron chi connectivity index (χ1n) is 5.13. The van der Waals surface area contributed by atoms with Crippen LogP contribution in [0.5, 0.6) is 0 Å². The van der Waals surface area contributed by atoms with Gasteiger partial charge in [0, 0.05) is 13.0 Å². The molecule has 0 amide bonds. The minimum atomic E-state index is -3.77. The Hall–Kier alpha value is -1.71. The van der Waals surface area contributed by atoms with Crippen molar-refractivity contribution in [2.75, 3.05) is 6.54 Å². The third-order valence-electron chi connectivity index (χ3n) is 2.15. The van der Waals surface area contributed by atoms with Gasteiger partial charge >= 0.3 is 0 Å². The van der Waals surface area contributed by atoms with Crippen molar-refractivity contribution in [1.82, 2.24) is 15.5 Å². The van der Waals surface area contributed by atoms with Crippen molar-refractivity contribution in [3.63, 3.8) is 0 Å². The molecule has 9 heteroatoms. The maximum absolute atomic E-state index is 11.0. The van der Waals surface area contributed by atoms with Crippen LogP contribution in [0.3, 0.4) is 0 Å². The lowest BCUT2D eigenvalue weighted by atomic mass is 10.4. The summed E-state index contributed by atoms with van der Waals surface area (Å²) < 4.78 is 31.6. The Balaban J connectivity index is 1.79. The molecule has 2 aromatic heterocycles. The number of hydrogen-bond donors (Lipinski definition) is 2. The molecule has 0 unspecified atom stereocenters. The van der Waals surface area contributed by atoms with Gasteiger partial charge in [-0.1, -0.05) is 5.16 Å². The molecule has 0 aromatic carbocycles. The summed E-state index contributed by atoms with van der Waals surface area (Å²) in [5.74, 6) is 1.10. The first-order valence-corrected chi connectivity index (χ1v) is 6.68. The molecule has 0 atom stereocenters. The van der Waals surface area contributed by atoms with E-state index in [1.54, 1.807) is 6.07 Å². The predicted molar refractivity (Wildman–Crippen MR) is 59.8 cm³/mol. The third kappa shape index (κ3) is 3.39. The number of nitrogens with two attached hydrogens (primary N) is 1. The van der Waals surface area contributed by atoms with Crippen molar-refractivity contribution < 1.29 is 17.4 Å². The molecule has 0 fully saturated rings. The van der Waals surface area contributed by atoms with Crippen LogP contribution in [0.25, 0.3) is 0 Å². The maximum atomic E-state index is 11.0. The molecular weight excluding hydrogens is 260 g/mol. The van der Waals surface area contributed by atoms with E-state index in [1.807, 2.05) is 0 Å². The molecular formula is C9H12N4O4S. The Kier molecular flexibility index (Phi) is 3.75.